The monoisotopic (exact) mass is 658 g/mol. The molecule has 50 heavy (non-hydrogen) atoms. The highest BCUT2D eigenvalue weighted by Gasteiger charge is 2.43. The lowest BCUT2D eigenvalue weighted by molar-refractivity contribution is 0.660. The van der Waals surface area contributed by atoms with Gasteiger partial charge in [-0.3, -0.25) is 0 Å². The minimum Gasteiger partial charge on any atom is -0.377 e. The van der Waals surface area contributed by atoms with Crippen LogP contribution < -0.4 is 10.2 Å². The number of hydrogen-bond acceptors (Lipinski definition) is 3. The SMILES string of the molecule is CC1(C)c2ccccc2-c2ccc(N(c3ccccc3)c3cccc4c5c(sc34)C3c4c(ccc6ccccc46)NC3c3ccccc3-5)cc21. The second kappa shape index (κ2) is 10.2. The van der Waals surface area contributed by atoms with Crippen molar-refractivity contribution in [2.75, 3.05) is 10.2 Å². The molecule has 0 radical (unpaired) electrons. The highest BCUT2D eigenvalue weighted by atomic mass is 32.1. The van der Waals surface area contributed by atoms with Gasteiger partial charge in [-0.1, -0.05) is 129 Å². The van der Waals surface area contributed by atoms with Crippen molar-refractivity contribution >= 4 is 54.9 Å². The quantitative estimate of drug-likeness (QED) is 0.203. The summed E-state index contributed by atoms with van der Waals surface area (Å²) in [4.78, 5) is 3.95. The molecule has 8 aromatic rings. The van der Waals surface area contributed by atoms with Crippen molar-refractivity contribution in [3.63, 3.8) is 0 Å². The smallest absolute Gasteiger partial charge is 0.0640 e. The van der Waals surface area contributed by atoms with Gasteiger partial charge < -0.3 is 10.2 Å². The molecule has 11 rings (SSSR count). The Morgan fingerprint density at radius 2 is 1.34 bits per heavy atom. The normalized spacial score (nSPS) is 17.3. The summed E-state index contributed by atoms with van der Waals surface area (Å²) in [6.07, 6.45) is 0. The molecule has 1 N–H and O–H groups in total. The minimum absolute atomic E-state index is 0.0807. The molecule has 0 saturated carbocycles. The van der Waals surface area contributed by atoms with E-state index in [9.17, 15) is 0 Å². The van der Waals surface area contributed by atoms with Gasteiger partial charge in [0.15, 0.2) is 0 Å². The first-order chi connectivity index (χ1) is 24.6. The van der Waals surface area contributed by atoms with Gasteiger partial charge in [0, 0.05) is 44.2 Å². The molecule has 0 saturated heterocycles. The summed E-state index contributed by atoms with van der Waals surface area (Å²) in [5.41, 5.74) is 15.8. The lowest BCUT2D eigenvalue weighted by Crippen LogP contribution is -2.17. The second-order valence-corrected chi connectivity index (χ2v) is 15.6. The maximum Gasteiger partial charge on any atom is 0.0640 e. The molecule has 2 aliphatic carbocycles. The summed E-state index contributed by atoms with van der Waals surface area (Å²) in [7, 11) is 0. The highest BCUT2D eigenvalue weighted by molar-refractivity contribution is 7.20. The van der Waals surface area contributed by atoms with Gasteiger partial charge >= 0.3 is 0 Å². The van der Waals surface area contributed by atoms with Crippen molar-refractivity contribution in [1.82, 2.24) is 0 Å². The number of fused-ring (bicyclic) bond motifs is 15. The Morgan fingerprint density at radius 3 is 2.24 bits per heavy atom. The molecule has 0 spiro atoms. The molecule has 1 aliphatic heterocycles. The molecule has 2 unspecified atom stereocenters. The van der Waals surface area contributed by atoms with E-state index in [0.29, 0.717) is 0 Å². The average Bonchev–Trinajstić information content (AvgIpc) is 3.82. The third-order valence-corrected chi connectivity index (χ3v) is 12.9. The predicted molar refractivity (Wildman–Crippen MR) is 212 cm³/mol. The number of anilines is 4. The number of nitrogens with one attached hydrogen (secondary N) is 1. The van der Waals surface area contributed by atoms with Gasteiger partial charge in [0.25, 0.3) is 0 Å². The summed E-state index contributed by atoms with van der Waals surface area (Å²) in [6, 6.07) is 56.6. The predicted octanol–water partition coefficient (Wildman–Crippen LogP) is 13.1. The van der Waals surface area contributed by atoms with Crippen LogP contribution in [0, 0.1) is 0 Å². The number of para-hydroxylation sites is 1. The van der Waals surface area contributed by atoms with Crippen molar-refractivity contribution < 1.29 is 0 Å². The van der Waals surface area contributed by atoms with Crippen LogP contribution in [0.1, 0.15) is 52.9 Å². The molecule has 2 atom stereocenters. The van der Waals surface area contributed by atoms with E-state index in [1.165, 1.54) is 87.3 Å². The maximum atomic E-state index is 3.99. The van der Waals surface area contributed by atoms with Crippen molar-refractivity contribution in [2.24, 2.45) is 0 Å². The molecule has 3 aliphatic rings. The standard InChI is InChI=1S/C47H34N2S/c1-47(2)37-21-11-10-17-32(37)33-25-24-30(27-38(33)47)49(29-14-4-3-5-15-29)40-22-12-20-36-41-34-18-8-9-19-35(34)44-43(46(41)50-45(36)40)42-31-16-7-6-13-28(31)23-26-39(42)48-44/h3-27,43-44,48H,1-2H3. The van der Waals surface area contributed by atoms with Crippen LogP contribution in [0.3, 0.4) is 0 Å². The first-order valence-corrected chi connectivity index (χ1v) is 18.4. The van der Waals surface area contributed by atoms with Crippen molar-refractivity contribution in [3.8, 4) is 22.3 Å². The van der Waals surface area contributed by atoms with E-state index in [0.717, 1.165) is 5.69 Å². The molecule has 2 nitrogen and oxygen atoms in total. The third-order valence-electron chi connectivity index (χ3n) is 11.6. The van der Waals surface area contributed by atoms with Crippen LogP contribution in [0.2, 0.25) is 0 Å². The van der Waals surface area contributed by atoms with E-state index in [1.54, 1.807) is 0 Å². The molecule has 3 heteroatoms. The van der Waals surface area contributed by atoms with E-state index in [2.05, 4.69) is 176 Å². The fourth-order valence-corrected chi connectivity index (χ4v) is 10.8. The molecular formula is C47H34N2S. The Hall–Kier alpha value is -5.64. The van der Waals surface area contributed by atoms with Crippen molar-refractivity contribution in [2.45, 2.75) is 31.2 Å². The summed E-state index contributed by atoms with van der Waals surface area (Å²) in [5, 5.41) is 7.97. The topological polar surface area (TPSA) is 15.3 Å². The lowest BCUT2D eigenvalue weighted by Gasteiger charge is -2.29. The van der Waals surface area contributed by atoms with Gasteiger partial charge in [-0.15, -0.1) is 11.3 Å². The fourth-order valence-electron chi connectivity index (χ4n) is 9.34. The first kappa shape index (κ1) is 28.2. The summed E-state index contributed by atoms with van der Waals surface area (Å²) >= 11 is 1.99. The first-order valence-electron chi connectivity index (χ1n) is 17.6. The zero-order chi connectivity index (χ0) is 33.1. The summed E-state index contributed by atoms with van der Waals surface area (Å²) in [5.74, 6) is 0.232. The van der Waals surface area contributed by atoms with Crippen LogP contribution >= 0.6 is 11.3 Å². The number of thiophene rings is 1. The van der Waals surface area contributed by atoms with Crippen LogP contribution in [0.15, 0.2) is 152 Å². The molecule has 0 amide bonds. The molecule has 0 bridgehead atoms. The van der Waals surface area contributed by atoms with Gasteiger partial charge in [0.05, 0.1) is 16.4 Å². The number of nitrogens with zero attached hydrogens (tertiary/aromatic N) is 1. The number of rotatable bonds is 3. The van der Waals surface area contributed by atoms with E-state index in [1.807, 2.05) is 11.3 Å². The average molecular weight is 659 g/mol. The zero-order valence-corrected chi connectivity index (χ0v) is 28.8. The van der Waals surface area contributed by atoms with E-state index < -0.39 is 0 Å². The van der Waals surface area contributed by atoms with E-state index >= 15 is 0 Å². The second-order valence-electron chi connectivity index (χ2n) is 14.5. The van der Waals surface area contributed by atoms with Gasteiger partial charge in [0.1, 0.15) is 0 Å². The van der Waals surface area contributed by atoms with Crippen LogP contribution in [-0.4, -0.2) is 0 Å². The number of hydrogen-bond donors (Lipinski definition) is 1. The highest BCUT2D eigenvalue weighted by Crippen LogP contribution is 2.61. The Kier molecular flexibility index (Phi) is 5.75. The van der Waals surface area contributed by atoms with Crippen LogP contribution in [-0.2, 0) is 5.41 Å². The lowest BCUT2D eigenvalue weighted by atomic mass is 9.77. The summed E-state index contributed by atoms with van der Waals surface area (Å²) in [6.45, 7) is 4.74. The van der Waals surface area contributed by atoms with Gasteiger partial charge in [0.2, 0.25) is 0 Å². The van der Waals surface area contributed by atoms with Crippen molar-refractivity contribution in [1.29, 1.82) is 0 Å². The molecule has 0 fully saturated rings. The van der Waals surface area contributed by atoms with Gasteiger partial charge in [-0.25, -0.2) is 0 Å². The molecule has 238 valence electrons. The minimum atomic E-state index is -0.0807. The Morgan fingerprint density at radius 1 is 0.600 bits per heavy atom. The van der Waals surface area contributed by atoms with Gasteiger partial charge in [-0.05, 0) is 86.1 Å². The molecule has 7 aromatic carbocycles. The maximum absolute atomic E-state index is 3.99. The Labute approximate surface area is 296 Å². The van der Waals surface area contributed by atoms with Crippen LogP contribution in [0.25, 0.3) is 43.1 Å². The molecule has 1 aromatic heterocycles. The molecule has 2 heterocycles. The Balaban J connectivity index is 1.17. The largest absolute Gasteiger partial charge is 0.377 e. The fraction of sp³-hybridized carbons (Fsp3) is 0.106. The summed E-state index contributed by atoms with van der Waals surface area (Å²) < 4.78 is 1.33. The van der Waals surface area contributed by atoms with E-state index in [4.69, 9.17) is 0 Å². The Bertz CT molecular complexity index is 2680. The van der Waals surface area contributed by atoms with Crippen LogP contribution in [0.4, 0.5) is 22.7 Å². The van der Waals surface area contributed by atoms with E-state index in [-0.39, 0.29) is 17.4 Å². The molecular weight excluding hydrogens is 625 g/mol. The number of benzene rings is 7. The van der Waals surface area contributed by atoms with Crippen LogP contribution in [0.5, 0.6) is 0 Å². The van der Waals surface area contributed by atoms with Gasteiger partial charge in [-0.2, -0.15) is 0 Å². The van der Waals surface area contributed by atoms with Crippen molar-refractivity contribution in [3.05, 3.63) is 179 Å². The third kappa shape index (κ3) is 3.73. The zero-order valence-electron chi connectivity index (χ0n) is 27.9.